The highest BCUT2D eigenvalue weighted by molar-refractivity contribution is 5.75. The second kappa shape index (κ2) is 8.14. The van der Waals surface area contributed by atoms with Gasteiger partial charge in [-0.25, -0.2) is 0 Å². The van der Waals surface area contributed by atoms with Crippen molar-refractivity contribution in [3.8, 4) is 5.75 Å². The molecule has 0 radical (unpaired) electrons. The third-order valence-electron chi connectivity index (χ3n) is 4.64. The van der Waals surface area contributed by atoms with Crippen molar-refractivity contribution in [3.05, 3.63) is 57.9 Å². The molecule has 3 rings (SSSR count). The molecule has 138 valence electrons. The highest BCUT2D eigenvalue weighted by atomic mass is 16.4. The summed E-state index contributed by atoms with van der Waals surface area (Å²) in [7, 11) is 0. The van der Waals surface area contributed by atoms with Crippen LogP contribution in [-0.2, 0) is 11.3 Å². The van der Waals surface area contributed by atoms with Gasteiger partial charge in [0.25, 0.3) is 0 Å². The fraction of sp³-hybridized carbons (Fsp3) is 0.421. The molecule has 1 fully saturated rings. The van der Waals surface area contributed by atoms with Gasteiger partial charge >= 0.3 is 0 Å². The summed E-state index contributed by atoms with van der Waals surface area (Å²) >= 11 is 0. The average Bonchev–Trinajstić information content (AvgIpc) is 2.64. The number of aromatic nitrogens is 1. The summed E-state index contributed by atoms with van der Waals surface area (Å²) < 4.78 is 5.88. The predicted octanol–water partition coefficient (Wildman–Crippen LogP) is 1.73. The minimum atomic E-state index is -0.657. The highest BCUT2D eigenvalue weighted by Gasteiger charge is 2.26. The van der Waals surface area contributed by atoms with Crippen LogP contribution in [0.3, 0.4) is 0 Å². The van der Waals surface area contributed by atoms with Gasteiger partial charge in [0.05, 0.1) is 12.5 Å². The first-order valence-corrected chi connectivity index (χ1v) is 8.81. The van der Waals surface area contributed by atoms with Gasteiger partial charge in [-0.05, 0) is 37.6 Å². The number of carbonyl (C=O) groups excluding carboxylic acids is 1. The van der Waals surface area contributed by atoms with Gasteiger partial charge in [0.2, 0.25) is 17.1 Å². The molecule has 3 heterocycles. The fourth-order valence-electron chi connectivity index (χ4n) is 3.35. The van der Waals surface area contributed by atoms with E-state index in [1.165, 1.54) is 12.5 Å². The second-order valence-corrected chi connectivity index (χ2v) is 6.64. The number of nitrogens with two attached hydrogens (primary N) is 1. The van der Waals surface area contributed by atoms with Crippen molar-refractivity contribution in [3.63, 3.8) is 0 Å². The van der Waals surface area contributed by atoms with E-state index >= 15 is 0 Å². The summed E-state index contributed by atoms with van der Waals surface area (Å²) in [6, 6.07) is 4.80. The van der Waals surface area contributed by atoms with E-state index < -0.39 is 23.0 Å². The van der Waals surface area contributed by atoms with E-state index in [0.29, 0.717) is 17.9 Å². The van der Waals surface area contributed by atoms with E-state index in [4.69, 9.17) is 10.2 Å². The molecule has 1 saturated heterocycles. The number of piperidine rings is 1. The van der Waals surface area contributed by atoms with Crippen LogP contribution in [0.1, 0.15) is 48.7 Å². The Kier molecular flexibility index (Phi) is 5.68. The van der Waals surface area contributed by atoms with Crippen LogP contribution in [0, 0.1) is 0 Å². The number of carbonyl (C=O) groups is 1. The Morgan fingerprint density at radius 1 is 1.35 bits per heavy atom. The number of primary amides is 1. The molecule has 0 spiro atoms. The lowest BCUT2D eigenvalue weighted by Crippen LogP contribution is -2.29. The lowest BCUT2D eigenvalue weighted by Gasteiger charge is -2.26. The van der Waals surface area contributed by atoms with Gasteiger partial charge in [0, 0.05) is 24.9 Å². The van der Waals surface area contributed by atoms with Crippen LogP contribution >= 0.6 is 0 Å². The zero-order valence-electron chi connectivity index (χ0n) is 14.6. The van der Waals surface area contributed by atoms with Gasteiger partial charge in [0.15, 0.2) is 5.76 Å². The Labute approximate surface area is 151 Å². The molecule has 1 atom stereocenters. The van der Waals surface area contributed by atoms with E-state index in [1.807, 2.05) is 0 Å². The first kappa shape index (κ1) is 18.1. The average molecular weight is 357 g/mol. The van der Waals surface area contributed by atoms with Crippen molar-refractivity contribution in [2.75, 3.05) is 13.1 Å². The summed E-state index contributed by atoms with van der Waals surface area (Å²) in [6.07, 6.45) is 6.54. The Morgan fingerprint density at radius 2 is 2.12 bits per heavy atom. The Morgan fingerprint density at radius 3 is 2.77 bits per heavy atom. The minimum Gasteiger partial charge on any atom is -0.502 e. The molecule has 0 unspecified atom stereocenters. The number of rotatable bonds is 6. The zero-order chi connectivity index (χ0) is 18.5. The van der Waals surface area contributed by atoms with Gasteiger partial charge < -0.3 is 15.3 Å². The molecule has 7 heteroatoms. The zero-order valence-corrected chi connectivity index (χ0v) is 14.6. The molecule has 3 N–H and O–H groups in total. The van der Waals surface area contributed by atoms with Gasteiger partial charge in [-0.2, -0.15) is 0 Å². The Hall–Kier alpha value is -2.67. The SMILES string of the molecule is NC(=O)C[C@H](c1cccnc1)c1oc(CN2CCCCC2)cc(=O)c1O. The van der Waals surface area contributed by atoms with Crippen molar-refractivity contribution < 1.29 is 14.3 Å². The van der Waals surface area contributed by atoms with Crippen LogP contribution in [0.25, 0.3) is 0 Å². The summed E-state index contributed by atoms with van der Waals surface area (Å²) in [5, 5.41) is 10.3. The molecular formula is C19H23N3O4. The fourth-order valence-corrected chi connectivity index (χ4v) is 3.35. The van der Waals surface area contributed by atoms with E-state index in [9.17, 15) is 14.7 Å². The summed E-state index contributed by atoms with van der Waals surface area (Å²) in [6.45, 7) is 2.40. The van der Waals surface area contributed by atoms with Crippen molar-refractivity contribution >= 4 is 5.91 Å². The summed E-state index contributed by atoms with van der Waals surface area (Å²) in [4.78, 5) is 30.1. The summed E-state index contributed by atoms with van der Waals surface area (Å²) in [5.74, 6) is -1.15. The van der Waals surface area contributed by atoms with Crippen molar-refractivity contribution in [2.45, 2.75) is 38.1 Å². The van der Waals surface area contributed by atoms with E-state index in [1.54, 1.807) is 24.5 Å². The number of nitrogens with zero attached hydrogens (tertiary/aromatic N) is 2. The lowest BCUT2D eigenvalue weighted by atomic mass is 9.93. The number of hydrogen-bond acceptors (Lipinski definition) is 6. The van der Waals surface area contributed by atoms with Gasteiger partial charge in [-0.1, -0.05) is 12.5 Å². The van der Waals surface area contributed by atoms with E-state index in [2.05, 4.69) is 9.88 Å². The van der Waals surface area contributed by atoms with Gasteiger partial charge in [-0.3, -0.25) is 19.5 Å². The van der Waals surface area contributed by atoms with Crippen LogP contribution < -0.4 is 11.2 Å². The minimum absolute atomic E-state index is 0.0660. The summed E-state index contributed by atoms with van der Waals surface area (Å²) in [5.41, 5.74) is 5.51. The third kappa shape index (κ3) is 4.29. The molecule has 0 aromatic carbocycles. The number of pyridine rings is 1. The molecule has 1 aliphatic rings. The maximum absolute atomic E-state index is 12.3. The lowest BCUT2D eigenvalue weighted by molar-refractivity contribution is -0.118. The predicted molar refractivity (Wildman–Crippen MR) is 95.7 cm³/mol. The number of hydrogen-bond donors (Lipinski definition) is 2. The molecule has 0 saturated carbocycles. The largest absolute Gasteiger partial charge is 0.502 e. The second-order valence-electron chi connectivity index (χ2n) is 6.64. The number of aromatic hydroxyl groups is 1. The standard InChI is InChI=1S/C19H23N3O4/c20-17(24)10-15(13-5-4-6-21-11-13)19-18(25)16(23)9-14(26-19)12-22-7-2-1-3-8-22/h4-6,9,11,15,25H,1-3,7-8,10,12H2,(H2,20,24)/t15-/m1/s1. The van der Waals surface area contributed by atoms with Crippen molar-refractivity contribution in [2.24, 2.45) is 5.73 Å². The molecule has 7 nitrogen and oxygen atoms in total. The number of likely N-dealkylation sites (tertiary alicyclic amines) is 1. The maximum atomic E-state index is 12.3. The molecule has 2 aromatic heterocycles. The Bertz CT molecular complexity index is 813. The first-order chi connectivity index (χ1) is 12.5. The van der Waals surface area contributed by atoms with E-state index in [-0.39, 0.29) is 12.2 Å². The number of amides is 1. The van der Waals surface area contributed by atoms with Crippen molar-refractivity contribution in [1.29, 1.82) is 0 Å². The van der Waals surface area contributed by atoms with Crippen LogP contribution in [-0.4, -0.2) is 34.0 Å². The molecule has 26 heavy (non-hydrogen) atoms. The molecule has 0 aliphatic carbocycles. The maximum Gasteiger partial charge on any atom is 0.227 e. The van der Waals surface area contributed by atoms with Gasteiger partial charge in [0.1, 0.15) is 5.76 Å². The normalized spacial score (nSPS) is 16.3. The first-order valence-electron chi connectivity index (χ1n) is 8.81. The van der Waals surface area contributed by atoms with Crippen LogP contribution in [0.4, 0.5) is 0 Å². The smallest absolute Gasteiger partial charge is 0.227 e. The van der Waals surface area contributed by atoms with E-state index in [0.717, 1.165) is 25.9 Å². The third-order valence-corrected chi connectivity index (χ3v) is 4.64. The van der Waals surface area contributed by atoms with Crippen molar-refractivity contribution in [1.82, 2.24) is 9.88 Å². The molecular weight excluding hydrogens is 334 g/mol. The molecule has 1 amide bonds. The Balaban J connectivity index is 1.97. The topological polar surface area (TPSA) is 110 Å². The van der Waals surface area contributed by atoms with Crippen LogP contribution in [0.2, 0.25) is 0 Å². The van der Waals surface area contributed by atoms with Crippen LogP contribution in [0.5, 0.6) is 5.75 Å². The quantitative estimate of drug-likeness (QED) is 0.815. The molecule has 0 bridgehead atoms. The van der Waals surface area contributed by atoms with Gasteiger partial charge in [-0.15, -0.1) is 0 Å². The highest BCUT2D eigenvalue weighted by Crippen LogP contribution is 2.32. The monoisotopic (exact) mass is 357 g/mol. The molecule has 1 aliphatic heterocycles. The van der Waals surface area contributed by atoms with Crippen LogP contribution in [0.15, 0.2) is 39.8 Å². The molecule has 2 aromatic rings.